The van der Waals surface area contributed by atoms with E-state index in [1.807, 2.05) is 23.6 Å². The van der Waals surface area contributed by atoms with Crippen molar-refractivity contribution in [3.8, 4) is 10.6 Å². The van der Waals surface area contributed by atoms with Crippen LogP contribution in [0.5, 0.6) is 0 Å². The van der Waals surface area contributed by atoms with E-state index in [0.717, 1.165) is 31.6 Å². The van der Waals surface area contributed by atoms with Crippen LogP contribution in [0.2, 0.25) is 5.02 Å². The van der Waals surface area contributed by atoms with Crippen molar-refractivity contribution in [2.24, 2.45) is 0 Å². The van der Waals surface area contributed by atoms with Gasteiger partial charge in [0.2, 0.25) is 0 Å². The maximum Gasteiger partial charge on any atom is 0.337 e. The second-order valence-corrected chi connectivity index (χ2v) is 7.91. The molecule has 0 spiro atoms. The minimum Gasteiger partial charge on any atom is -0.478 e. The van der Waals surface area contributed by atoms with Crippen molar-refractivity contribution in [3.05, 3.63) is 69.2 Å². The minimum atomic E-state index is -1.06. The number of carboxylic acids is 1. The number of carboxylic acid groups (broad SMARTS) is 1. The molecule has 0 aliphatic rings. The number of pyridine rings is 1. The van der Waals surface area contributed by atoms with Crippen LogP contribution < -0.4 is 5.32 Å². The summed E-state index contributed by atoms with van der Waals surface area (Å²) in [5.74, 6) is -1.06. The maximum absolute atomic E-state index is 11.7. The summed E-state index contributed by atoms with van der Waals surface area (Å²) < 4.78 is 0.894. The molecule has 0 aliphatic heterocycles. The number of nitrogens with one attached hydrogen (secondary N) is 1. The monoisotopic (exact) mass is 459 g/mol. The predicted molar refractivity (Wildman–Crippen MR) is 112 cm³/mol. The second kappa shape index (κ2) is 7.26. The standard InChI is InChI=1S/C19H11BrClN3O2S/c20-10-1-3-15-12(7-10)17(14(9-23-15)18-22-5-6-27-18)24-16-4-2-11(21)8-13(16)19(25)26/h1-9H,(H,23,24)(H,25,26). The lowest BCUT2D eigenvalue weighted by atomic mass is 10.1. The number of hydrogen-bond acceptors (Lipinski definition) is 5. The predicted octanol–water partition coefficient (Wildman–Crippen LogP) is 6.22. The number of hydrogen-bond donors (Lipinski definition) is 2. The third-order valence-corrected chi connectivity index (χ3v) is 5.50. The molecule has 0 saturated heterocycles. The third-order valence-electron chi connectivity index (χ3n) is 3.96. The van der Waals surface area contributed by atoms with Crippen molar-refractivity contribution in [2.45, 2.75) is 0 Å². The molecular formula is C19H11BrClN3O2S. The Hall–Kier alpha value is -2.48. The molecule has 27 heavy (non-hydrogen) atoms. The van der Waals surface area contributed by atoms with Gasteiger partial charge in [0.05, 0.1) is 28.0 Å². The van der Waals surface area contributed by atoms with Crippen LogP contribution in [-0.2, 0) is 0 Å². The van der Waals surface area contributed by atoms with Crippen LogP contribution in [0.4, 0.5) is 11.4 Å². The first-order valence-electron chi connectivity index (χ1n) is 7.81. The number of thiazole rings is 1. The molecule has 0 aliphatic carbocycles. The average molecular weight is 461 g/mol. The number of benzene rings is 2. The highest BCUT2D eigenvalue weighted by molar-refractivity contribution is 9.10. The van der Waals surface area contributed by atoms with Crippen molar-refractivity contribution in [1.29, 1.82) is 0 Å². The summed E-state index contributed by atoms with van der Waals surface area (Å²) in [6.45, 7) is 0. The number of anilines is 2. The Bertz CT molecular complexity index is 1170. The molecule has 0 atom stereocenters. The van der Waals surface area contributed by atoms with Crippen LogP contribution in [-0.4, -0.2) is 21.0 Å². The first-order chi connectivity index (χ1) is 13.0. The Balaban J connectivity index is 1.96. The molecule has 2 aromatic carbocycles. The van der Waals surface area contributed by atoms with E-state index in [1.54, 1.807) is 24.5 Å². The normalized spacial score (nSPS) is 10.9. The highest BCUT2D eigenvalue weighted by Gasteiger charge is 2.17. The fraction of sp³-hybridized carbons (Fsp3) is 0. The lowest BCUT2D eigenvalue weighted by molar-refractivity contribution is 0.0698. The zero-order valence-electron chi connectivity index (χ0n) is 13.6. The van der Waals surface area contributed by atoms with Crippen molar-refractivity contribution < 1.29 is 9.90 Å². The van der Waals surface area contributed by atoms with Crippen molar-refractivity contribution in [3.63, 3.8) is 0 Å². The van der Waals surface area contributed by atoms with Gasteiger partial charge in [0.1, 0.15) is 5.01 Å². The van der Waals surface area contributed by atoms with Crippen LogP contribution in [0.3, 0.4) is 0 Å². The van der Waals surface area contributed by atoms with Gasteiger partial charge in [-0.15, -0.1) is 11.3 Å². The smallest absolute Gasteiger partial charge is 0.337 e. The van der Waals surface area contributed by atoms with Crippen LogP contribution in [0.25, 0.3) is 21.5 Å². The number of fused-ring (bicyclic) bond motifs is 1. The van der Waals surface area contributed by atoms with Crippen LogP contribution in [0.15, 0.2) is 58.6 Å². The van der Waals surface area contributed by atoms with Gasteiger partial charge in [0.15, 0.2) is 0 Å². The number of carbonyl (C=O) groups is 1. The van der Waals surface area contributed by atoms with E-state index < -0.39 is 5.97 Å². The van der Waals surface area contributed by atoms with Crippen LogP contribution in [0, 0.1) is 0 Å². The lowest BCUT2D eigenvalue weighted by Gasteiger charge is -2.15. The Labute approximate surface area is 171 Å². The van der Waals surface area contributed by atoms with E-state index in [-0.39, 0.29) is 5.56 Å². The largest absolute Gasteiger partial charge is 0.478 e. The Kier molecular flexibility index (Phi) is 4.82. The van der Waals surface area contributed by atoms with Crippen molar-refractivity contribution in [2.75, 3.05) is 5.32 Å². The zero-order valence-corrected chi connectivity index (χ0v) is 16.8. The molecule has 0 unspecified atom stereocenters. The fourth-order valence-corrected chi connectivity index (χ4v) is 3.94. The van der Waals surface area contributed by atoms with E-state index in [4.69, 9.17) is 11.6 Å². The molecule has 4 aromatic rings. The summed E-state index contributed by atoms with van der Waals surface area (Å²) in [5.41, 5.74) is 2.85. The molecule has 0 amide bonds. The summed E-state index contributed by atoms with van der Waals surface area (Å²) >= 11 is 11.0. The molecule has 4 rings (SSSR count). The van der Waals surface area contributed by atoms with E-state index >= 15 is 0 Å². The van der Waals surface area contributed by atoms with E-state index in [0.29, 0.717) is 10.7 Å². The number of aromatic carboxylic acids is 1. The summed E-state index contributed by atoms with van der Waals surface area (Å²) in [5, 5.41) is 16.7. The molecule has 0 fully saturated rings. The number of nitrogens with zero attached hydrogens (tertiary/aromatic N) is 2. The molecule has 134 valence electrons. The number of rotatable bonds is 4. The third kappa shape index (κ3) is 3.53. The van der Waals surface area contributed by atoms with Gasteiger partial charge in [-0.2, -0.15) is 0 Å². The molecule has 5 nitrogen and oxygen atoms in total. The van der Waals surface area contributed by atoms with E-state index in [9.17, 15) is 9.90 Å². The summed E-state index contributed by atoms with van der Waals surface area (Å²) in [4.78, 5) is 20.6. The highest BCUT2D eigenvalue weighted by Crippen LogP contribution is 2.38. The summed E-state index contributed by atoms with van der Waals surface area (Å²) in [6, 6.07) is 10.5. The van der Waals surface area contributed by atoms with E-state index in [2.05, 4.69) is 31.2 Å². The van der Waals surface area contributed by atoms with Gasteiger partial charge in [-0.1, -0.05) is 27.5 Å². The number of halogens is 2. The number of aromatic nitrogens is 2. The molecule has 2 heterocycles. The van der Waals surface area contributed by atoms with Gasteiger partial charge in [0.25, 0.3) is 0 Å². The van der Waals surface area contributed by atoms with Crippen molar-refractivity contribution in [1.82, 2.24) is 9.97 Å². The van der Waals surface area contributed by atoms with Gasteiger partial charge in [-0.25, -0.2) is 9.78 Å². The molecule has 2 N–H and O–H groups in total. The van der Waals surface area contributed by atoms with Gasteiger partial charge >= 0.3 is 5.97 Å². The summed E-state index contributed by atoms with van der Waals surface area (Å²) in [6.07, 6.45) is 3.47. The molecule has 0 bridgehead atoms. The first-order valence-corrected chi connectivity index (χ1v) is 9.86. The van der Waals surface area contributed by atoms with Crippen LogP contribution >= 0.6 is 38.9 Å². The maximum atomic E-state index is 11.7. The average Bonchev–Trinajstić information content (AvgIpc) is 3.17. The molecule has 2 aromatic heterocycles. The summed E-state index contributed by atoms with van der Waals surface area (Å²) in [7, 11) is 0. The Morgan fingerprint density at radius 3 is 2.78 bits per heavy atom. The topological polar surface area (TPSA) is 75.1 Å². The molecule has 0 radical (unpaired) electrons. The van der Waals surface area contributed by atoms with Crippen molar-refractivity contribution >= 4 is 67.1 Å². The molecule has 0 saturated carbocycles. The van der Waals surface area contributed by atoms with Gasteiger partial charge in [0, 0.05) is 32.7 Å². The van der Waals surface area contributed by atoms with Gasteiger partial charge < -0.3 is 10.4 Å². The van der Waals surface area contributed by atoms with Gasteiger partial charge in [-0.3, -0.25) is 4.98 Å². The highest BCUT2D eigenvalue weighted by atomic mass is 79.9. The fourth-order valence-electron chi connectivity index (χ4n) is 2.76. The first kappa shape index (κ1) is 17.9. The quantitative estimate of drug-likeness (QED) is 0.378. The molecule has 8 heteroatoms. The van der Waals surface area contributed by atoms with E-state index in [1.165, 1.54) is 17.4 Å². The van der Waals surface area contributed by atoms with Gasteiger partial charge in [-0.05, 0) is 36.4 Å². The minimum absolute atomic E-state index is 0.0903. The lowest BCUT2D eigenvalue weighted by Crippen LogP contribution is -2.04. The Morgan fingerprint density at radius 2 is 2.04 bits per heavy atom. The zero-order chi connectivity index (χ0) is 19.0. The Morgan fingerprint density at radius 1 is 1.19 bits per heavy atom. The molecular weight excluding hydrogens is 450 g/mol. The van der Waals surface area contributed by atoms with Crippen LogP contribution in [0.1, 0.15) is 10.4 Å². The second-order valence-electron chi connectivity index (χ2n) is 5.67. The SMILES string of the molecule is O=C(O)c1cc(Cl)ccc1Nc1c(-c2nccs2)cnc2ccc(Br)cc12.